The van der Waals surface area contributed by atoms with Gasteiger partial charge in [-0.1, -0.05) is 68.3 Å². The molecular formula is C41H53N7O4. The Kier molecular flexibility index (Phi) is 15.2. The average Bonchev–Trinajstić information content (AvgIpc) is 3.16. The average molecular weight is 708 g/mol. The number of unbranched alkanes of at least 4 members (excludes halogenated alkanes) is 2. The highest BCUT2D eigenvalue weighted by molar-refractivity contribution is 6.01. The third-order valence-corrected chi connectivity index (χ3v) is 9.06. The van der Waals surface area contributed by atoms with E-state index in [-0.39, 0.29) is 42.1 Å². The minimum absolute atomic E-state index is 0.176. The number of hydrogen-bond acceptors (Lipinski definition) is 8. The van der Waals surface area contributed by atoms with Gasteiger partial charge in [0, 0.05) is 54.0 Å². The lowest BCUT2D eigenvalue weighted by Crippen LogP contribution is -2.49. The van der Waals surface area contributed by atoms with Crippen LogP contribution in [0.2, 0.25) is 0 Å². The van der Waals surface area contributed by atoms with Gasteiger partial charge < -0.3 is 37.0 Å². The third kappa shape index (κ3) is 11.9. The molecule has 276 valence electrons. The molecule has 0 saturated carbocycles. The summed E-state index contributed by atoms with van der Waals surface area (Å²) >= 11 is 0. The first-order chi connectivity index (χ1) is 25.1. The van der Waals surface area contributed by atoms with E-state index in [1.807, 2.05) is 68.4 Å². The Morgan fingerprint density at radius 1 is 0.808 bits per heavy atom. The van der Waals surface area contributed by atoms with E-state index in [1.54, 1.807) is 54.5 Å². The van der Waals surface area contributed by atoms with Crippen LogP contribution in [0.4, 0.5) is 11.4 Å². The molecule has 52 heavy (non-hydrogen) atoms. The van der Waals surface area contributed by atoms with Crippen LogP contribution in [0.15, 0.2) is 97.3 Å². The van der Waals surface area contributed by atoms with E-state index in [0.29, 0.717) is 36.4 Å². The van der Waals surface area contributed by atoms with Gasteiger partial charge in [0.15, 0.2) is 0 Å². The monoisotopic (exact) mass is 707 g/mol. The van der Waals surface area contributed by atoms with Gasteiger partial charge in [-0.15, -0.1) is 0 Å². The van der Waals surface area contributed by atoms with E-state index in [4.69, 9.17) is 5.73 Å². The van der Waals surface area contributed by atoms with Crippen LogP contribution >= 0.6 is 0 Å². The summed E-state index contributed by atoms with van der Waals surface area (Å²) in [5, 5.41) is 22.8. The van der Waals surface area contributed by atoms with Gasteiger partial charge in [0.1, 0.15) is 6.73 Å². The van der Waals surface area contributed by atoms with Gasteiger partial charge >= 0.3 is 0 Å². The highest BCUT2D eigenvalue weighted by atomic mass is 16.3. The molecule has 0 radical (unpaired) electrons. The van der Waals surface area contributed by atoms with E-state index >= 15 is 0 Å². The molecule has 7 N–H and O–H groups in total. The number of amides is 3. The molecule has 0 fully saturated rings. The molecule has 0 aliphatic carbocycles. The second-order valence-corrected chi connectivity index (χ2v) is 13.2. The summed E-state index contributed by atoms with van der Waals surface area (Å²) in [5.74, 6) is -0.904. The maximum atomic E-state index is 14.0. The summed E-state index contributed by atoms with van der Waals surface area (Å²) < 4.78 is 0. The van der Waals surface area contributed by atoms with Crippen molar-refractivity contribution in [1.29, 1.82) is 0 Å². The fourth-order valence-corrected chi connectivity index (χ4v) is 5.85. The molecule has 4 rings (SSSR count). The Balaban J connectivity index is 1.54. The van der Waals surface area contributed by atoms with Gasteiger partial charge in [-0.2, -0.15) is 0 Å². The fourth-order valence-electron chi connectivity index (χ4n) is 5.85. The second-order valence-electron chi connectivity index (χ2n) is 13.2. The lowest BCUT2D eigenvalue weighted by molar-refractivity contribution is -0.123. The van der Waals surface area contributed by atoms with Gasteiger partial charge in [0.25, 0.3) is 11.8 Å². The predicted molar refractivity (Wildman–Crippen MR) is 207 cm³/mol. The number of rotatable bonds is 19. The summed E-state index contributed by atoms with van der Waals surface area (Å²) in [5.41, 5.74) is 10.4. The molecule has 0 spiro atoms. The van der Waals surface area contributed by atoms with Crippen molar-refractivity contribution in [3.8, 4) is 0 Å². The van der Waals surface area contributed by atoms with Crippen molar-refractivity contribution in [2.75, 3.05) is 30.5 Å². The van der Waals surface area contributed by atoms with Crippen LogP contribution in [-0.2, 0) is 11.2 Å². The number of nitrogens with one attached hydrogen (secondary N) is 4. The zero-order valence-corrected chi connectivity index (χ0v) is 30.6. The lowest BCUT2D eigenvalue weighted by Gasteiger charge is -2.25. The Hall–Kier alpha value is -5.26. The number of carbonyl (C=O) groups is 3. The summed E-state index contributed by atoms with van der Waals surface area (Å²) in [6.45, 7) is 8.29. The number of anilines is 2. The van der Waals surface area contributed by atoms with E-state index in [1.165, 1.54) is 0 Å². The molecule has 3 amide bonds. The number of nitrogen functional groups attached to an aromatic ring is 1. The van der Waals surface area contributed by atoms with Crippen molar-refractivity contribution in [2.24, 2.45) is 0 Å². The summed E-state index contributed by atoms with van der Waals surface area (Å²) in [6.07, 6.45) is 6.73. The molecule has 11 heteroatoms. The molecule has 11 nitrogen and oxygen atoms in total. The topological polar surface area (TPSA) is 162 Å². The number of hydrogen-bond donors (Lipinski definition) is 6. The standard InChI is InChI=1S/C41H53N7O4/c1-5-6-10-20-48(27-49)38-23-34(40(51)46-29(3)33-14-11-19-43-25-33)22-35(24-38)41(52)47-37(21-31-12-8-7-9-13-31)26-44-30(4)39(50)45-28(2)32-15-17-36(42)18-16-32/h7-9,11-19,22-25,28-30,37,44,49H,5-6,10,20-21,26-27,42H2,1-4H3,(H,45,50)(H,46,51)(H,47,52)/t28-,29?,30+,37+/m1/s1. The number of nitrogens with zero attached hydrogens (tertiary/aromatic N) is 2. The number of pyridine rings is 1. The first-order valence-electron chi connectivity index (χ1n) is 18.0. The number of aliphatic hydroxyl groups excluding tert-OH is 1. The molecule has 0 saturated heterocycles. The van der Waals surface area contributed by atoms with Crippen molar-refractivity contribution in [1.82, 2.24) is 26.3 Å². The number of benzene rings is 3. The van der Waals surface area contributed by atoms with Crippen molar-refractivity contribution in [3.05, 3.63) is 125 Å². The minimum Gasteiger partial charge on any atom is -0.399 e. The van der Waals surface area contributed by atoms with Crippen molar-refractivity contribution < 1.29 is 19.5 Å². The molecule has 1 heterocycles. The Bertz CT molecular complexity index is 1720. The van der Waals surface area contributed by atoms with Crippen molar-refractivity contribution in [3.63, 3.8) is 0 Å². The van der Waals surface area contributed by atoms with Crippen LogP contribution in [-0.4, -0.2) is 59.7 Å². The molecule has 0 bridgehead atoms. The molecule has 4 aromatic rings. The summed E-state index contributed by atoms with van der Waals surface area (Å²) in [6, 6.07) is 24.4. The molecule has 1 unspecified atom stereocenters. The molecular weight excluding hydrogens is 654 g/mol. The zero-order valence-electron chi connectivity index (χ0n) is 30.6. The number of aromatic nitrogens is 1. The molecule has 3 aromatic carbocycles. The normalized spacial score (nSPS) is 13.3. The van der Waals surface area contributed by atoms with Crippen LogP contribution in [0.25, 0.3) is 0 Å². The first-order valence-corrected chi connectivity index (χ1v) is 18.0. The number of aliphatic hydroxyl groups is 1. The van der Waals surface area contributed by atoms with Gasteiger partial charge in [-0.25, -0.2) is 0 Å². The van der Waals surface area contributed by atoms with Gasteiger partial charge in [0.05, 0.1) is 18.1 Å². The highest BCUT2D eigenvalue weighted by Crippen LogP contribution is 2.22. The van der Waals surface area contributed by atoms with Gasteiger partial charge in [0.2, 0.25) is 5.91 Å². The zero-order chi connectivity index (χ0) is 37.5. The number of carbonyl (C=O) groups excluding carboxylic acids is 3. The summed E-state index contributed by atoms with van der Waals surface area (Å²) in [7, 11) is 0. The highest BCUT2D eigenvalue weighted by Gasteiger charge is 2.22. The van der Waals surface area contributed by atoms with Crippen LogP contribution in [0.5, 0.6) is 0 Å². The van der Waals surface area contributed by atoms with Crippen LogP contribution < -0.4 is 31.9 Å². The van der Waals surface area contributed by atoms with Gasteiger partial charge in [-0.05, 0) is 86.7 Å². The van der Waals surface area contributed by atoms with E-state index in [9.17, 15) is 19.5 Å². The van der Waals surface area contributed by atoms with Crippen molar-refractivity contribution >= 4 is 29.1 Å². The lowest BCUT2D eigenvalue weighted by atomic mass is 10.0. The largest absolute Gasteiger partial charge is 0.399 e. The van der Waals surface area contributed by atoms with Crippen LogP contribution in [0, 0.1) is 0 Å². The molecule has 0 aliphatic heterocycles. The Labute approximate surface area is 307 Å². The maximum absolute atomic E-state index is 14.0. The second kappa shape index (κ2) is 20.0. The van der Waals surface area contributed by atoms with Crippen LogP contribution in [0.1, 0.15) is 96.4 Å². The van der Waals surface area contributed by atoms with E-state index < -0.39 is 12.1 Å². The quantitative estimate of drug-likeness (QED) is 0.0435. The Morgan fingerprint density at radius 3 is 2.12 bits per heavy atom. The predicted octanol–water partition coefficient (Wildman–Crippen LogP) is 5.30. The first kappa shape index (κ1) is 39.5. The van der Waals surface area contributed by atoms with E-state index in [0.717, 1.165) is 36.0 Å². The smallest absolute Gasteiger partial charge is 0.251 e. The third-order valence-electron chi connectivity index (χ3n) is 9.06. The van der Waals surface area contributed by atoms with Gasteiger partial charge in [-0.3, -0.25) is 19.4 Å². The minimum atomic E-state index is -0.548. The Morgan fingerprint density at radius 2 is 1.48 bits per heavy atom. The SMILES string of the molecule is CCCCCN(CO)c1cc(C(=O)NC(C)c2cccnc2)cc(C(=O)N[C@H](CN[C@@H](C)C(=O)N[C@H](C)c2ccc(N)cc2)Cc2ccccc2)c1. The molecule has 4 atom stereocenters. The van der Waals surface area contributed by atoms with Crippen LogP contribution in [0.3, 0.4) is 0 Å². The fraction of sp³-hybridized carbons (Fsp3) is 0.366. The van der Waals surface area contributed by atoms with Crippen molar-refractivity contribution in [2.45, 2.75) is 77.5 Å². The number of nitrogens with two attached hydrogens (primary N) is 1. The molecule has 0 aliphatic rings. The summed E-state index contributed by atoms with van der Waals surface area (Å²) in [4.78, 5) is 46.7. The maximum Gasteiger partial charge on any atom is 0.251 e. The molecule has 1 aromatic heterocycles. The van der Waals surface area contributed by atoms with E-state index in [2.05, 4.69) is 33.2 Å².